The summed E-state index contributed by atoms with van der Waals surface area (Å²) in [6.07, 6.45) is 0.775. The maximum absolute atomic E-state index is 13.1. The molecule has 1 saturated heterocycles. The van der Waals surface area contributed by atoms with Gasteiger partial charge >= 0.3 is 5.97 Å². The zero-order valence-electron chi connectivity index (χ0n) is 11.2. The Kier molecular flexibility index (Phi) is 4.42. The van der Waals surface area contributed by atoms with Gasteiger partial charge < -0.3 is 9.64 Å². The van der Waals surface area contributed by atoms with Crippen LogP contribution in [0.2, 0.25) is 0 Å². The van der Waals surface area contributed by atoms with Crippen LogP contribution >= 0.6 is 15.9 Å². The van der Waals surface area contributed by atoms with Gasteiger partial charge in [0, 0.05) is 10.9 Å². The second-order valence-electron chi connectivity index (χ2n) is 4.72. The van der Waals surface area contributed by atoms with Crippen LogP contribution in [0.1, 0.15) is 31.4 Å². The number of carbonyl (C=O) groups is 2. The summed E-state index contributed by atoms with van der Waals surface area (Å²) in [5.41, 5.74) is 0.760. The molecule has 0 aromatic heterocycles. The molecule has 2 unspecified atom stereocenters. The van der Waals surface area contributed by atoms with E-state index in [9.17, 15) is 14.0 Å². The van der Waals surface area contributed by atoms with E-state index in [0.717, 1.165) is 5.56 Å². The van der Waals surface area contributed by atoms with Gasteiger partial charge in [0.1, 0.15) is 11.9 Å². The van der Waals surface area contributed by atoms with Crippen molar-refractivity contribution in [3.05, 3.63) is 34.1 Å². The van der Waals surface area contributed by atoms with E-state index >= 15 is 0 Å². The van der Waals surface area contributed by atoms with Gasteiger partial charge in [-0.05, 0) is 31.0 Å². The lowest BCUT2D eigenvalue weighted by molar-refractivity contribution is -0.150. The summed E-state index contributed by atoms with van der Waals surface area (Å²) in [6, 6.07) is 3.40. The third-order valence-electron chi connectivity index (χ3n) is 3.56. The second-order valence-corrected chi connectivity index (χ2v) is 5.57. The van der Waals surface area contributed by atoms with E-state index in [0.29, 0.717) is 17.3 Å². The molecule has 1 aromatic carbocycles. The van der Waals surface area contributed by atoms with Crippen molar-refractivity contribution < 1.29 is 18.7 Å². The average Bonchev–Trinajstić information content (AvgIpc) is 2.79. The summed E-state index contributed by atoms with van der Waals surface area (Å²) >= 11 is 3.29. The fraction of sp³-hybridized carbons (Fsp3) is 0.429. The van der Waals surface area contributed by atoms with Crippen LogP contribution in [0, 0.1) is 5.82 Å². The first-order valence-electron chi connectivity index (χ1n) is 6.29. The maximum Gasteiger partial charge on any atom is 0.328 e. The van der Waals surface area contributed by atoms with Crippen molar-refractivity contribution in [2.24, 2.45) is 0 Å². The van der Waals surface area contributed by atoms with Crippen LogP contribution in [0.4, 0.5) is 4.39 Å². The molecule has 108 valence electrons. The molecule has 0 spiro atoms. The number of hydrogen-bond acceptors (Lipinski definition) is 3. The minimum absolute atomic E-state index is 0.0934. The molecule has 1 aromatic rings. The molecule has 4 nitrogen and oxygen atoms in total. The number of esters is 1. The smallest absolute Gasteiger partial charge is 0.328 e. The standard InChI is InChI=1S/C14H15BrFNO3/c1-8(10-4-3-9(16)7-11(10)15)17-12(14(19)20-2)5-6-13(17)18/h3-4,7-8,12H,5-6H2,1-2H3. The van der Waals surface area contributed by atoms with E-state index < -0.39 is 12.0 Å². The largest absolute Gasteiger partial charge is 0.467 e. The maximum atomic E-state index is 13.1. The highest BCUT2D eigenvalue weighted by atomic mass is 79.9. The Hall–Kier alpha value is -1.43. The summed E-state index contributed by atoms with van der Waals surface area (Å²) in [4.78, 5) is 25.3. The van der Waals surface area contributed by atoms with Crippen LogP contribution in [0.3, 0.4) is 0 Å². The van der Waals surface area contributed by atoms with E-state index in [1.807, 2.05) is 6.92 Å². The number of ether oxygens (including phenoxy) is 1. The molecular weight excluding hydrogens is 329 g/mol. The van der Waals surface area contributed by atoms with E-state index in [1.54, 1.807) is 6.07 Å². The Bertz CT molecular complexity index is 549. The minimum Gasteiger partial charge on any atom is -0.467 e. The number of amides is 1. The zero-order chi connectivity index (χ0) is 14.9. The predicted octanol–water partition coefficient (Wildman–Crippen LogP) is 2.81. The van der Waals surface area contributed by atoms with E-state index in [4.69, 9.17) is 4.74 Å². The molecule has 1 aliphatic heterocycles. The Morgan fingerprint density at radius 1 is 1.55 bits per heavy atom. The molecule has 0 N–H and O–H groups in total. The highest BCUT2D eigenvalue weighted by molar-refractivity contribution is 9.10. The summed E-state index contributed by atoms with van der Waals surface area (Å²) in [7, 11) is 1.31. The summed E-state index contributed by atoms with van der Waals surface area (Å²) in [5, 5.41) is 0. The molecule has 0 bridgehead atoms. The predicted molar refractivity (Wildman–Crippen MR) is 74.4 cm³/mol. The number of rotatable bonds is 3. The molecule has 0 radical (unpaired) electrons. The SMILES string of the molecule is COC(=O)C1CCC(=O)N1C(C)c1ccc(F)cc1Br. The first-order valence-corrected chi connectivity index (χ1v) is 7.09. The second kappa shape index (κ2) is 5.91. The van der Waals surface area contributed by atoms with Gasteiger partial charge in [-0.3, -0.25) is 4.79 Å². The fourth-order valence-corrected chi connectivity index (χ4v) is 3.23. The lowest BCUT2D eigenvalue weighted by atomic mass is 10.1. The lowest BCUT2D eigenvalue weighted by Crippen LogP contribution is -2.41. The van der Waals surface area contributed by atoms with Gasteiger partial charge in [-0.15, -0.1) is 0 Å². The number of halogens is 2. The van der Waals surface area contributed by atoms with Crippen molar-refractivity contribution in [2.75, 3.05) is 7.11 Å². The van der Waals surface area contributed by atoms with E-state index in [1.165, 1.54) is 24.1 Å². The Morgan fingerprint density at radius 2 is 2.25 bits per heavy atom. The quantitative estimate of drug-likeness (QED) is 0.793. The van der Waals surface area contributed by atoms with Crippen molar-refractivity contribution in [1.29, 1.82) is 0 Å². The van der Waals surface area contributed by atoms with Gasteiger partial charge in [0.2, 0.25) is 5.91 Å². The molecule has 2 atom stereocenters. The van der Waals surface area contributed by atoms with Gasteiger partial charge in [0.15, 0.2) is 0 Å². The van der Waals surface area contributed by atoms with Gasteiger partial charge in [-0.25, -0.2) is 9.18 Å². The molecule has 0 aliphatic carbocycles. The van der Waals surface area contributed by atoms with Crippen LogP contribution in [-0.4, -0.2) is 29.9 Å². The highest BCUT2D eigenvalue weighted by Gasteiger charge is 2.40. The Morgan fingerprint density at radius 3 is 2.85 bits per heavy atom. The van der Waals surface area contributed by atoms with Crippen LogP contribution in [0.5, 0.6) is 0 Å². The first-order chi connectivity index (χ1) is 9.45. The van der Waals surface area contributed by atoms with Crippen LogP contribution in [0.25, 0.3) is 0 Å². The number of hydrogen-bond donors (Lipinski definition) is 0. The highest BCUT2D eigenvalue weighted by Crippen LogP contribution is 2.34. The van der Waals surface area contributed by atoms with E-state index in [-0.39, 0.29) is 17.8 Å². The van der Waals surface area contributed by atoms with Gasteiger partial charge in [0.25, 0.3) is 0 Å². The molecule has 1 amide bonds. The molecule has 1 fully saturated rings. The number of benzene rings is 1. The van der Waals surface area contributed by atoms with Crippen LogP contribution in [-0.2, 0) is 14.3 Å². The van der Waals surface area contributed by atoms with Gasteiger partial charge in [-0.1, -0.05) is 22.0 Å². The van der Waals surface area contributed by atoms with Gasteiger partial charge in [0.05, 0.1) is 13.2 Å². The number of carbonyl (C=O) groups excluding carboxylic acids is 2. The van der Waals surface area contributed by atoms with Crippen molar-refractivity contribution in [3.8, 4) is 0 Å². The third-order valence-corrected chi connectivity index (χ3v) is 4.25. The molecule has 1 aliphatic rings. The first kappa shape index (κ1) is 15.0. The Labute approximate surface area is 125 Å². The summed E-state index contributed by atoms with van der Waals surface area (Å²) < 4.78 is 18.5. The number of likely N-dealkylation sites (tertiary alicyclic amines) is 1. The van der Waals surface area contributed by atoms with Crippen LogP contribution < -0.4 is 0 Å². The van der Waals surface area contributed by atoms with Crippen molar-refractivity contribution >= 4 is 27.8 Å². The molecule has 6 heteroatoms. The fourth-order valence-electron chi connectivity index (χ4n) is 2.55. The third kappa shape index (κ3) is 2.70. The average molecular weight is 344 g/mol. The van der Waals surface area contributed by atoms with E-state index in [2.05, 4.69) is 15.9 Å². The monoisotopic (exact) mass is 343 g/mol. The molecule has 1 heterocycles. The molecule has 20 heavy (non-hydrogen) atoms. The number of methoxy groups -OCH3 is 1. The number of nitrogens with zero attached hydrogens (tertiary/aromatic N) is 1. The normalized spacial score (nSPS) is 20.1. The van der Waals surface area contributed by atoms with Crippen molar-refractivity contribution in [1.82, 2.24) is 4.90 Å². The van der Waals surface area contributed by atoms with Crippen molar-refractivity contribution in [2.45, 2.75) is 31.8 Å². The molecular formula is C14H15BrFNO3. The van der Waals surface area contributed by atoms with Gasteiger partial charge in [-0.2, -0.15) is 0 Å². The summed E-state index contributed by atoms with van der Waals surface area (Å²) in [5.74, 6) is -0.866. The van der Waals surface area contributed by atoms with Crippen molar-refractivity contribution in [3.63, 3.8) is 0 Å². The summed E-state index contributed by atoms with van der Waals surface area (Å²) in [6.45, 7) is 1.82. The zero-order valence-corrected chi connectivity index (χ0v) is 12.8. The molecule has 2 rings (SSSR count). The molecule has 0 saturated carbocycles. The Balaban J connectivity index is 2.32. The topological polar surface area (TPSA) is 46.6 Å². The lowest BCUT2D eigenvalue weighted by Gasteiger charge is -2.30. The minimum atomic E-state index is -0.570. The van der Waals surface area contributed by atoms with Crippen LogP contribution in [0.15, 0.2) is 22.7 Å².